The second-order valence-electron chi connectivity index (χ2n) is 5.14. The van der Waals surface area contributed by atoms with E-state index in [0.29, 0.717) is 36.0 Å². The number of hydrogen-bond acceptors (Lipinski definition) is 5. The van der Waals surface area contributed by atoms with E-state index in [1.165, 1.54) is 6.42 Å². The molecule has 2 N–H and O–H groups in total. The van der Waals surface area contributed by atoms with Gasteiger partial charge in [0.05, 0.1) is 0 Å². The summed E-state index contributed by atoms with van der Waals surface area (Å²) in [6, 6.07) is 1.72. The van der Waals surface area contributed by atoms with Crippen molar-refractivity contribution >= 4 is 17.4 Å². The van der Waals surface area contributed by atoms with Crippen molar-refractivity contribution in [3.05, 3.63) is 17.0 Å². The summed E-state index contributed by atoms with van der Waals surface area (Å²) in [5.41, 5.74) is 0. The predicted molar refractivity (Wildman–Crippen MR) is 78.8 cm³/mol. The number of ether oxygens (including phenoxy) is 1. The lowest BCUT2D eigenvalue weighted by atomic mass is 9.97. The van der Waals surface area contributed by atoms with E-state index in [1.807, 2.05) is 6.92 Å². The van der Waals surface area contributed by atoms with Crippen molar-refractivity contribution in [2.45, 2.75) is 32.8 Å². The maximum absolute atomic E-state index is 9.33. The minimum atomic E-state index is 0.270. The fraction of sp³-hybridized carbons (Fsp3) is 0.714. The third-order valence-corrected chi connectivity index (χ3v) is 3.97. The Bertz CT molecular complexity index is 431. The van der Waals surface area contributed by atoms with Crippen LogP contribution in [0, 0.1) is 11.8 Å². The number of aliphatic hydroxyl groups is 1. The predicted octanol–water partition coefficient (Wildman–Crippen LogP) is 2.49. The van der Waals surface area contributed by atoms with Crippen molar-refractivity contribution in [1.29, 1.82) is 0 Å². The molecule has 2 rings (SSSR count). The molecule has 1 heterocycles. The molecule has 0 aliphatic heterocycles. The molecule has 1 aromatic rings. The monoisotopic (exact) mass is 299 g/mol. The Labute approximate surface area is 124 Å². The number of nitrogens with one attached hydrogen (secondary N) is 1. The minimum absolute atomic E-state index is 0.270. The van der Waals surface area contributed by atoms with Gasteiger partial charge in [0.25, 0.3) is 0 Å². The second-order valence-corrected chi connectivity index (χ2v) is 5.53. The molecule has 0 saturated heterocycles. The summed E-state index contributed by atoms with van der Waals surface area (Å²) in [6.07, 6.45) is 3.46. The van der Waals surface area contributed by atoms with Crippen molar-refractivity contribution in [3.8, 4) is 0 Å². The first kappa shape index (κ1) is 15.5. The van der Waals surface area contributed by atoms with Gasteiger partial charge in [-0.25, -0.2) is 9.97 Å². The topological polar surface area (TPSA) is 67.3 Å². The molecule has 1 aromatic heterocycles. The van der Waals surface area contributed by atoms with Crippen molar-refractivity contribution in [2.75, 3.05) is 25.1 Å². The molecule has 20 heavy (non-hydrogen) atoms. The Morgan fingerprint density at radius 3 is 2.95 bits per heavy atom. The smallest absolute Gasteiger partial charge is 0.158 e. The Morgan fingerprint density at radius 2 is 2.20 bits per heavy atom. The van der Waals surface area contributed by atoms with Crippen molar-refractivity contribution in [1.82, 2.24) is 9.97 Å². The van der Waals surface area contributed by atoms with Gasteiger partial charge in [0.15, 0.2) is 5.82 Å². The molecule has 0 radical (unpaired) electrons. The number of rotatable bonds is 7. The summed E-state index contributed by atoms with van der Waals surface area (Å²) in [5, 5.41) is 13.1. The third kappa shape index (κ3) is 4.30. The molecule has 1 aliphatic rings. The Balaban J connectivity index is 1.93. The fourth-order valence-electron chi connectivity index (χ4n) is 2.67. The Hall–Kier alpha value is -0.910. The van der Waals surface area contributed by atoms with Crippen LogP contribution in [0.25, 0.3) is 0 Å². The zero-order valence-electron chi connectivity index (χ0n) is 11.8. The highest BCUT2D eigenvalue weighted by Crippen LogP contribution is 2.31. The highest BCUT2D eigenvalue weighted by atomic mass is 35.5. The molecule has 2 atom stereocenters. The summed E-state index contributed by atoms with van der Waals surface area (Å²) in [5.74, 6) is 2.22. The summed E-state index contributed by atoms with van der Waals surface area (Å²) < 4.78 is 5.30. The van der Waals surface area contributed by atoms with E-state index >= 15 is 0 Å². The lowest BCUT2D eigenvalue weighted by molar-refractivity contribution is 0.128. The van der Waals surface area contributed by atoms with Gasteiger partial charge in [-0.05, 0) is 31.6 Å². The van der Waals surface area contributed by atoms with E-state index in [1.54, 1.807) is 6.07 Å². The van der Waals surface area contributed by atoms with E-state index in [2.05, 4.69) is 15.3 Å². The number of hydrogen-bond donors (Lipinski definition) is 2. The molecule has 0 spiro atoms. The van der Waals surface area contributed by atoms with E-state index in [0.717, 1.165) is 25.2 Å². The molecule has 1 fully saturated rings. The zero-order valence-corrected chi connectivity index (χ0v) is 12.6. The van der Waals surface area contributed by atoms with Crippen molar-refractivity contribution < 1.29 is 9.84 Å². The van der Waals surface area contributed by atoms with Crippen LogP contribution >= 0.6 is 11.6 Å². The molecule has 112 valence electrons. The maximum Gasteiger partial charge on any atom is 0.158 e. The molecule has 0 amide bonds. The van der Waals surface area contributed by atoms with Gasteiger partial charge in [0.2, 0.25) is 0 Å². The summed E-state index contributed by atoms with van der Waals surface area (Å²) in [6.45, 7) is 4.01. The van der Waals surface area contributed by atoms with E-state index < -0.39 is 0 Å². The van der Waals surface area contributed by atoms with Gasteiger partial charge in [-0.15, -0.1) is 0 Å². The second kappa shape index (κ2) is 7.76. The molecular formula is C14H22ClN3O2. The first-order valence-corrected chi connectivity index (χ1v) is 7.56. The molecular weight excluding hydrogens is 278 g/mol. The van der Waals surface area contributed by atoms with Gasteiger partial charge < -0.3 is 15.2 Å². The standard InChI is InChI=1S/C14H22ClN3O2/c1-2-20-9-14-17-12(15)6-13(18-14)16-7-10-4-3-5-11(10)8-19/h6,10-11,19H,2-5,7-9H2,1H3,(H,16,17,18). The Kier molecular flexibility index (Phi) is 6.01. The Morgan fingerprint density at radius 1 is 1.40 bits per heavy atom. The quantitative estimate of drug-likeness (QED) is 0.757. The minimum Gasteiger partial charge on any atom is -0.396 e. The molecule has 0 bridgehead atoms. The van der Waals surface area contributed by atoms with Gasteiger partial charge in [0, 0.05) is 25.8 Å². The molecule has 0 aromatic carbocycles. The first-order chi connectivity index (χ1) is 9.72. The normalized spacial score (nSPS) is 22.1. The molecule has 6 heteroatoms. The van der Waals surface area contributed by atoms with Crippen LogP contribution < -0.4 is 5.32 Å². The van der Waals surface area contributed by atoms with Crippen LogP contribution in [0.5, 0.6) is 0 Å². The van der Waals surface area contributed by atoms with Crippen molar-refractivity contribution in [2.24, 2.45) is 11.8 Å². The summed E-state index contributed by atoms with van der Waals surface area (Å²) >= 11 is 5.99. The lowest BCUT2D eigenvalue weighted by Gasteiger charge is -2.18. The largest absolute Gasteiger partial charge is 0.396 e. The fourth-order valence-corrected chi connectivity index (χ4v) is 2.87. The van der Waals surface area contributed by atoms with Crippen LogP contribution in [-0.2, 0) is 11.3 Å². The van der Waals surface area contributed by atoms with E-state index in [9.17, 15) is 5.11 Å². The number of nitrogens with zero attached hydrogens (tertiary/aromatic N) is 2. The lowest BCUT2D eigenvalue weighted by Crippen LogP contribution is -2.21. The van der Waals surface area contributed by atoms with Crippen LogP contribution in [0.2, 0.25) is 5.15 Å². The number of halogens is 1. The average Bonchev–Trinajstić information content (AvgIpc) is 2.90. The maximum atomic E-state index is 9.33. The van der Waals surface area contributed by atoms with Crippen LogP contribution in [0.3, 0.4) is 0 Å². The average molecular weight is 300 g/mol. The molecule has 5 nitrogen and oxygen atoms in total. The first-order valence-electron chi connectivity index (χ1n) is 7.18. The van der Waals surface area contributed by atoms with Gasteiger partial charge in [0.1, 0.15) is 17.6 Å². The third-order valence-electron chi connectivity index (χ3n) is 3.77. The van der Waals surface area contributed by atoms with Gasteiger partial charge >= 0.3 is 0 Å². The van der Waals surface area contributed by atoms with Gasteiger partial charge in [-0.1, -0.05) is 18.0 Å². The van der Waals surface area contributed by atoms with Crippen LogP contribution in [-0.4, -0.2) is 34.8 Å². The SMILES string of the molecule is CCOCc1nc(Cl)cc(NCC2CCCC2CO)n1. The molecule has 1 saturated carbocycles. The number of anilines is 1. The zero-order chi connectivity index (χ0) is 14.4. The molecule has 2 unspecified atom stereocenters. The highest BCUT2D eigenvalue weighted by molar-refractivity contribution is 6.29. The van der Waals surface area contributed by atoms with Gasteiger partial charge in [-0.2, -0.15) is 0 Å². The van der Waals surface area contributed by atoms with Gasteiger partial charge in [-0.3, -0.25) is 0 Å². The highest BCUT2D eigenvalue weighted by Gasteiger charge is 2.26. The summed E-state index contributed by atoms with van der Waals surface area (Å²) in [7, 11) is 0. The van der Waals surface area contributed by atoms with E-state index in [4.69, 9.17) is 16.3 Å². The number of aromatic nitrogens is 2. The van der Waals surface area contributed by atoms with Crippen LogP contribution in [0.4, 0.5) is 5.82 Å². The van der Waals surface area contributed by atoms with Crippen molar-refractivity contribution in [3.63, 3.8) is 0 Å². The number of aliphatic hydroxyl groups excluding tert-OH is 1. The van der Waals surface area contributed by atoms with Crippen LogP contribution in [0.1, 0.15) is 32.0 Å². The summed E-state index contributed by atoms with van der Waals surface area (Å²) in [4.78, 5) is 8.52. The molecule has 1 aliphatic carbocycles. The van der Waals surface area contributed by atoms with Crippen LogP contribution in [0.15, 0.2) is 6.07 Å². The van der Waals surface area contributed by atoms with E-state index in [-0.39, 0.29) is 6.61 Å².